The van der Waals surface area contributed by atoms with Gasteiger partial charge in [0.2, 0.25) is 5.82 Å². The number of thiophene rings is 1. The SMILES string of the molecule is Cc1c(CN2CCc3nc(C(F)(F)F)ncc3C2)sc2ccccc12. The normalized spacial score (nSPS) is 15.5. The third kappa shape index (κ3) is 3.14. The first-order valence-corrected chi connectivity index (χ1v) is 8.85. The Balaban J connectivity index is 1.55. The molecule has 0 unspecified atom stereocenters. The maximum Gasteiger partial charge on any atom is 0.451 e. The molecule has 0 atom stereocenters. The van der Waals surface area contributed by atoms with E-state index >= 15 is 0 Å². The number of aromatic nitrogens is 2. The van der Waals surface area contributed by atoms with Gasteiger partial charge in [-0.3, -0.25) is 4.90 Å². The number of alkyl halides is 3. The van der Waals surface area contributed by atoms with E-state index in [1.54, 1.807) is 11.3 Å². The van der Waals surface area contributed by atoms with Crippen molar-refractivity contribution < 1.29 is 13.2 Å². The molecule has 1 aliphatic heterocycles. The Hall–Kier alpha value is -1.99. The molecule has 0 radical (unpaired) electrons. The van der Waals surface area contributed by atoms with Crippen LogP contribution in [0.5, 0.6) is 0 Å². The molecule has 1 aliphatic rings. The van der Waals surface area contributed by atoms with Crippen molar-refractivity contribution in [3.05, 3.63) is 58.0 Å². The molecule has 0 aliphatic carbocycles. The first-order valence-electron chi connectivity index (χ1n) is 8.03. The number of hydrogen-bond acceptors (Lipinski definition) is 4. The number of nitrogens with zero attached hydrogens (tertiary/aromatic N) is 3. The Morgan fingerprint density at radius 2 is 2.04 bits per heavy atom. The number of benzene rings is 1. The lowest BCUT2D eigenvalue weighted by atomic mass is 10.1. The molecule has 0 fully saturated rings. The van der Waals surface area contributed by atoms with Gasteiger partial charge in [-0.2, -0.15) is 13.2 Å². The fourth-order valence-corrected chi connectivity index (χ4v) is 4.48. The maximum absolute atomic E-state index is 12.7. The summed E-state index contributed by atoms with van der Waals surface area (Å²) in [7, 11) is 0. The highest BCUT2D eigenvalue weighted by atomic mass is 32.1. The summed E-state index contributed by atoms with van der Waals surface area (Å²) in [5, 5.41) is 1.28. The molecule has 0 N–H and O–H groups in total. The molecule has 1 aromatic carbocycles. The van der Waals surface area contributed by atoms with Crippen molar-refractivity contribution in [3.63, 3.8) is 0 Å². The van der Waals surface area contributed by atoms with Gasteiger partial charge in [-0.1, -0.05) is 18.2 Å². The maximum atomic E-state index is 12.7. The third-order valence-electron chi connectivity index (χ3n) is 4.58. The lowest BCUT2D eigenvalue weighted by Crippen LogP contribution is -2.31. The zero-order chi connectivity index (χ0) is 17.6. The van der Waals surface area contributed by atoms with Crippen LogP contribution >= 0.6 is 11.3 Å². The van der Waals surface area contributed by atoms with Crippen molar-refractivity contribution in [1.82, 2.24) is 14.9 Å². The monoisotopic (exact) mass is 363 g/mol. The molecular weight excluding hydrogens is 347 g/mol. The van der Waals surface area contributed by atoms with E-state index in [1.165, 1.54) is 26.7 Å². The minimum Gasteiger partial charge on any atom is -0.293 e. The summed E-state index contributed by atoms with van der Waals surface area (Å²) in [5.74, 6) is -1.04. The van der Waals surface area contributed by atoms with Crippen LogP contribution in [0.1, 0.15) is 27.5 Å². The van der Waals surface area contributed by atoms with Gasteiger partial charge in [0.25, 0.3) is 0 Å². The smallest absolute Gasteiger partial charge is 0.293 e. The van der Waals surface area contributed by atoms with Gasteiger partial charge in [-0.05, 0) is 23.9 Å². The fraction of sp³-hybridized carbons (Fsp3) is 0.333. The van der Waals surface area contributed by atoms with E-state index in [-0.39, 0.29) is 0 Å². The molecule has 2 aromatic heterocycles. The van der Waals surface area contributed by atoms with Crippen molar-refractivity contribution in [3.8, 4) is 0 Å². The summed E-state index contributed by atoms with van der Waals surface area (Å²) < 4.78 is 39.5. The molecule has 3 aromatic rings. The second-order valence-electron chi connectivity index (χ2n) is 6.27. The van der Waals surface area contributed by atoms with E-state index in [4.69, 9.17) is 0 Å². The van der Waals surface area contributed by atoms with Gasteiger partial charge in [-0.15, -0.1) is 11.3 Å². The second-order valence-corrected chi connectivity index (χ2v) is 7.41. The standard InChI is InChI=1S/C18H16F3N3S/c1-11-13-4-2-3-5-15(13)25-16(11)10-24-7-6-14-12(9-24)8-22-17(23-14)18(19,20)21/h2-5,8H,6-7,9-10H2,1H3. The molecule has 4 rings (SSSR count). The Morgan fingerprint density at radius 3 is 2.80 bits per heavy atom. The zero-order valence-electron chi connectivity index (χ0n) is 13.6. The van der Waals surface area contributed by atoms with Crippen LogP contribution in [0.2, 0.25) is 0 Å². The van der Waals surface area contributed by atoms with E-state index in [9.17, 15) is 13.2 Å². The van der Waals surface area contributed by atoms with E-state index in [0.29, 0.717) is 25.2 Å². The van der Waals surface area contributed by atoms with Crippen LogP contribution < -0.4 is 0 Å². The van der Waals surface area contributed by atoms with Gasteiger partial charge in [0.05, 0.1) is 5.69 Å². The van der Waals surface area contributed by atoms with Gasteiger partial charge in [-0.25, -0.2) is 9.97 Å². The molecule has 0 saturated carbocycles. The van der Waals surface area contributed by atoms with Crippen LogP contribution in [0.15, 0.2) is 30.5 Å². The summed E-state index contributed by atoms with van der Waals surface area (Å²) in [6, 6.07) is 8.32. The molecule has 130 valence electrons. The summed E-state index contributed by atoms with van der Waals surface area (Å²) >= 11 is 1.78. The molecule has 25 heavy (non-hydrogen) atoms. The van der Waals surface area contributed by atoms with Crippen molar-refractivity contribution in [2.75, 3.05) is 6.54 Å². The largest absolute Gasteiger partial charge is 0.451 e. The molecular formula is C18H16F3N3S. The predicted molar refractivity (Wildman–Crippen MR) is 91.4 cm³/mol. The number of hydrogen-bond donors (Lipinski definition) is 0. The first-order chi connectivity index (χ1) is 11.9. The lowest BCUT2D eigenvalue weighted by Gasteiger charge is -2.28. The minimum absolute atomic E-state index is 0.519. The quantitative estimate of drug-likeness (QED) is 0.667. The Kier molecular flexibility index (Phi) is 4.00. The number of aryl methyl sites for hydroxylation is 1. The minimum atomic E-state index is -4.49. The van der Waals surface area contributed by atoms with Crippen molar-refractivity contribution in [2.45, 2.75) is 32.6 Å². The molecule has 3 heterocycles. The highest BCUT2D eigenvalue weighted by Crippen LogP contribution is 2.33. The summed E-state index contributed by atoms with van der Waals surface area (Å²) in [6.45, 7) is 4.21. The molecule has 0 saturated heterocycles. The van der Waals surface area contributed by atoms with E-state index < -0.39 is 12.0 Å². The third-order valence-corrected chi connectivity index (χ3v) is 5.83. The van der Waals surface area contributed by atoms with Crippen LogP contribution in [0, 0.1) is 6.92 Å². The summed E-state index contributed by atoms with van der Waals surface area (Å²) in [4.78, 5) is 10.8. The van der Waals surface area contributed by atoms with E-state index in [0.717, 1.165) is 12.1 Å². The van der Waals surface area contributed by atoms with Gasteiger partial charge >= 0.3 is 6.18 Å². The van der Waals surface area contributed by atoms with Crippen molar-refractivity contribution in [1.29, 1.82) is 0 Å². The van der Waals surface area contributed by atoms with Gasteiger partial charge < -0.3 is 0 Å². The van der Waals surface area contributed by atoms with Crippen LogP contribution in [-0.2, 0) is 25.7 Å². The van der Waals surface area contributed by atoms with Crippen LogP contribution in [-0.4, -0.2) is 21.4 Å². The molecule has 0 bridgehead atoms. The van der Waals surface area contributed by atoms with Gasteiger partial charge in [0.1, 0.15) is 0 Å². The van der Waals surface area contributed by atoms with Crippen LogP contribution in [0.3, 0.4) is 0 Å². The highest BCUT2D eigenvalue weighted by molar-refractivity contribution is 7.19. The highest BCUT2D eigenvalue weighted by Gasteiger charge is 2.35. The van der Waals surface area contributed by atoms with Gasteiger partial charge in [0, 0.05) is 47.4 Å². The topological polar surface area (TPSA) is 29.0 Å². The Labute approximate surface area is 147 Å². The molecule has 3 nitrogen and oxygen atoms in total. The average Bonchev–Trinajstić information content (AvgIpc) is 2.90. The lowest BCUT2D eigenvalue weighted by molar-refractivity contribution is -0.145. The van der Waals surface area contributed by atoms with Crippen LogP contribution in [0.4, 0.5) is 13.2 Å². The van der Waals surface area contributed by atoms with Crippen molar-refractivity contribution >= 4 is 21.4 Å². The number of fused-ring (bicyclic) bond motifs is 2. The zero-order valence-corrected chi connectivity index (χ0v) is 14.4. The summed E-state index contributed by atoms with van der Waals surface area (Å²) in [5.41, 5.74) is 2.60. The average molecular weight is 363 g/mol. The van der Waals surface area contributed by atoms with E-state index in [1.807, 2.05) is 12.1 Å². The Bertz CT molecular complexity index is 933. The second kappa shape index (κ2) is 6.07. The number of rotatable bonds is 2. The molecule has 7 heteroatoms. The Morgan fingerprint density at radius 1 is 1.24 bits per heavy atom. The summed E-state index contributed by atoms with van der Waals surface area (Å²) in [6.07, 6.45) is -2.64. The van der Waals surface area contributed by atoms with Crippen LogP contribution in [0.25, 0.3) is 10.1 Å². The first kappa shape index (κ1) is 16.5. The molecule has 0 amide bonds. The molecule has 0 spiro atoms. The predicted octanol–water partition coefficient (Wildman–Crippen LogP) is 4.58. The fourth-order valence-electron chi connectivity index (χ4n) is 3.23. The van der Waals surface area contributed by atoms with E-state index in [2.05, 4.69) is 33.9 Å². The van der Waals surface area contributed by atoms with Gasteiger partial charge in [0.15, 0.2) is 0 Å². The van der Waals surface area contributed by atoms with Crippen molar-refractivity contribution in [2.24, 2.45) is 0 Å². The number of halogens is 3.